The number of halogens is 2. The minimum Gasteiger partial charge on any atom is -0.399 e. The van der Waals surface area contributed by atoms with Crippen LogP contribution in [0.4, 0.5) is 14.5 Å². The largest absolute Gasteiger partial charge is 0.399 e. The summed E-state index contributed by atoms with van der Waals surface area (Å²) in [7, 11) is 0. The molecular weight excluding hydrogens is 260 g/mol. The standard InChI is InChI=1S/C16H15F2NO/c1-9-2-5-13(17)14(15(9)18)16(20)7-6-10-8-11(19)3-4-12(10)16/h2-5,8,20H,6-7,19H2,1H3. The predicted octanol–water partition coefficient (Wildman–Crippen LogP) is 3.04. The molecule has 2 aromatic rings. The van der Waals surface area contributed by atoms with Crippen LogP contribution >= 0.6 is 0 Å². The number of hydrogen-bond donors (Lipinski definition) is 2. The zero-order valence-corrected chi connectivity index (χ0v) is 11.1. The molecule has 0 saturated carbocycles. The van der Waals surface area contributed by atoms with E-state index in [1.807, 2.05) is 0 Å². The second-order valence-corrected chi connectivity index (χ2v) is 5.33. The molecule has 0 fully saturated rings. The molecule has 0 spiro atoms. The van der Waals surface area contributed by atoms with Gasteiger partial charge in [-0.15, -0.1) is 0 Å². The molecule has 0 aromatic heterocycles. The Kier molecular flexibility index (Phi) is 2.80. The van der Waals surface area contributed by atoms with Crippen LogP contribution in [0.15, 0.2) is 30.3 Å². The molecule has 0 amide bonds. The summed E-state index contributed by atoms with van der Waals surface area (Å²) in [6, 6.07) is 7.61. The second kappa shape index (κ2) is 4.28. The summed E-state index contributed by atoms with van der Waals surface area (Å²) < 4.78 is 28.4. The highest BCUT2D eigenvalue weighted by molar-refractivity contribution is 5.53. The molecular formula is C16H15F2NO. The van der Waals surface area contributed by atoms with E-state index in [0.717, 1.165) is 5.56 Å². The van der Waals surface area contributed by atoms with Crippen LogP contribution in [0.1, 0.15) is 28.7 Å². The van der Waals surface area contributed by atoms with Gasteiger partial charge in [0.25, 0.3) is 0 Å². The number of fused-ring (bicyclic) bond motifs is 1. The van der Waals surface area contributed by atoms with Crippen molar-refractivity contribution in [3.05, 3.63) is 64.2 Å². The fraction of sp³-hybridized carbons (Fsp3) is 0.250. The van der Waals surface area contributed by atoms with Crippen molar-refractivity contribution < 1.29 is 13.9 Å². The minimum atomic E-state index is -1.62. The Bertz CT molecular complexity index is 699. The summed E-state index contributed by atoms with van der Waals surface area (Å²) in [4.78, 5) is 0. The molecule has 104 valence electrons. The molecule has 20 heavy (non-hydrogen) atoms. The average molecular weight is 275 g/mol. The molecule has 0 heterocycles. The van der Waals surface area contributed by atoms with Crippen LogP contribution < -0.4 is 5.73 Å². The highest BCUT2D eigenvalue weighted by Crippen LogP contribution is 2.44. The van der Waals surface area contributed by atoms with Crippen molar-refractivity contribution in [2.45, 2.75) is 25.4 Å². The van der Waals surface area contributed by atoms with E-state index in [2.05, 4.69) is 0 Å². The number of nitrogen functional groups attached to an aromatic ring is 1. The number of aliphatic hydroxyl groups is 1. The Morgan fingerprint density at radius 1 is 1.20 bits per heavy atom. The zero-order chi connectivity index (χ0) is 14.5. The maximum atomic E-state index is 14.3. The van der Waals surface area contributed by atoms with Crippen molar-refractivity contribution in [2.75, 3.05) is 5.73 Å². The van der Waals surface area contributed by atoms with E-state index < -0.39 is 17.2 Å². The smallest absolute Gasteiger partial charge is 0.135 e. The van der Waals surface area contributed by atoms with E-state index in [9.17, 15) is 13.9 Å². The molecule has 4 heteroatoms. The third-order valence-electron chi connectivity index (χ3n) is 4.03. The van der Waals surface area contributed by atoms with Gasteiger partial charge in [-0.3, -0.25) is 0 Å². The van der Waals surface area contributed by atoms with Crippen molar-refractivity contribution in [1.29, 1.82) is 0 Å². The first kappa shape index (κ1) is 13.1. The van der Waals surface area contributed by atoms with Crippen molar-refractivity contribution in [3.8, 4) is 0 Å². The van der Waals surface area contributed by atoms with E-state index in [4.69, 9.17) is 5.73 Å². The molecule has 1 aliphatic rings. The van der Waals surface area contributed by atoms with Gasteiger partial charge in [-0.1, -0.05) is 12.1 Å². The summed E-state index contributed by atoms with van der Waals surface area (Å²) in [6.07, 6.45) is 0.798. The summed E-state index contributed by atoms with van der Waals surface area (Å²) >= 11 is 0. The van der Waals surface area contributed by atoms with Gasteiger partial charge in [0.2, 0.25) is 0 Å². The molecule has 3 N–H and O–H groups in total. The Morgan fingerprint density at radius 2 is 1.95 bits per heavy atom. The van der Waals surface area contributed by atoms with Gasteiger partial charge in [0, 0.05) is 5.69 Å². The predicted molar refractivity (Wildman–Crippen MR) is 73.3 cm³/mol. The van der Waals surface area contributed by atoms with Gasteiger partial charge in [0.1, 0.15) is 17.2 Å². The van der Waals surface area contributed by atoms with Crippen molar-refractivity contribution >= 4 is 5.69 Å². The highest BCUT2D eigenvalue weighted by Gasteiger charge is 2.42. The van der Waals surface area contributed by atoms with Gasteiger partial charge in [0.05, 0.1) is 5.56 Å². The van der Waals surface area contributed by atoms with Crippen LogP contribution in [0, 0.1) is 18.6 Å². The maximum absolute atomic E-state index is 14.3. The van der Waals surface area contributed by atoms with Gasteiger partial charge in [-0.05, 0) is 54.7 Å². The van der Waals surface area contributed by atoms with E-state index in [0.29, 0.717) is 23.2 Å². The lowest BCUT2D eigenvalue weighted by Crippen LogP contribution is -2.27. The number of rotatable bonds is 1. The van der Waals surface area contributed by atoms with Crippen LogP contribution in [0.2, 0.25) is 0 Å². The highest BCUT2D eigenvalue weighted by atomic mass is 19.1. The third-order valence-corrected chi connectivity index (χ3v) is 4.03. The number of hydrogen-bond acceptors (Lipinski definition) is 2. The summed E-state index contributed by atoms with van der Waals surface area (Å²) in [5, 5.41) is 10.9. The molecule has 1 atom stereocenters. The molecule has 1 unspecified atom stereocenters. The van der Waals surface area contributed by atoms with Crippen LogP contribution in [0.5, 0.6) is 0 Å². The quantitative estimate of drug-likeness (QED) is 0.786. The number of anilines is 1. The maximum Gasteiger partial charge on any atom is 0.135 e. The van der Waals surface area contributed by atoms with E-state index >= 15 is 0 Å². The summed E-state index contributed by atoms with van der Waals surface area (Å²) in [5.41, 5.74) is 6.11. The first-order valence-corrected chi connectivity index (χ1v) is 6.50. The third kappa shape index (κ3) is 1.72. The SMILES string of the molecule is Cc1ccc(F)c(C2(O)CCc3cc(N)ccc32)c1F. The summed E-state index contributed by atoms with van der Waals surface area (Å²) in [6.45, 7) is 1.56. The molecule has 2 nitrogen and oxygen atoms in total. The monoisotopic (exact) mass is 275 g/mol. The second-order valence-electron chi connectivity index (χ2n) is 5.33. The van der Waals surface area contributed by atoms with Crippen LogP contribution in [0.3, 0.4) is 0 Å². The van der Waals surface area contributed by atoms with E-state index in [-0.39, 0.29) is 12.0 Å². The Labute approximate surface area is 115 Å². The van der Waals surface area contributed by atoms with Gasteiger partial charge < -0.3 is 10.8 Å². The average Bonchev–Trinajstić information content (AvgIpc) is 2.72. The molecule has 0 bridgehead atoms. The first-order valence-electron chi connectivity index (χ1n) is 6.50. The molecule has 0 aliphatic heterocycles. The van der Waals surface area contributed by atoms with Gasteiger partial charge in [-0.2, -0.15) is 0 Å². The van der Waals surface area contributed by atoms with Gasteiger partial charge in [0.15, 0.2) is 0 Å². The normalized spacial score (nSPS) is 21.0. The van der Waals surface area contributed by atoms with Crippen LogP contribution in [0.25, 0.3) is 0 Å². The molecule has 2 aromatic carbocycles. The van der Waals surface area contributed by atoms with E-state index in [1.54, 1.807) is 25.1 Å². The Hall–Kier alpha value is -1.94. The van der Waals surface area contributed by atoms with Gasteiger partial charge >= 0.3 is 0 Å². The first-order chi connectivity index (χ1) is 9.43. The Morgan fingerprint density at radius 3 is 2.70 bits per heavy atom. The number of aryl methyl sites for hydroxylation is 2. The molecule has 0 radical (unpaired) electrons. The van der Waals surface area contributed by atoms with Crippen molar-refractivity contribution in [2.24, 2.45) is 0 Å². The topological polar surface area (TPSA) is 46.2 Å². The fourth-order valence-corrected chi connectivity index (χ4v) is 2.97. The minimum absolute atomic E-state index is 0.253. The zero-order valence-electron chi connectivity index (χ0n) is 11.1. The van der Waals surface area contributed by atoms with Crippen molar-refractivity contribution in [3.63, 3.8) is 0 Å². The summed E-state index contributed by atoms with van der Waals surface area (Å²) in [5.74, 6) is -1.41. The Balaban J connectivity index is 2.25. The lowest BCUT2D eigenvalue weighted by molar-refractivity contribution is 0.0744. The fourth-order valence-electron chi connectivity index (χ4n) is 2.97. The van der Waals surface area contributed by atoms with Crippen LogP contribution in [-0.4, -0.2) is 5.11 Å². The lowest BCUT2D eigenvalue weighted by atomic mass is 9.86. The molecule has 0 saturated heterocycles. The van der Waals surface area contributed by atoms with Gasteiger partial charge in [-0.25, -0.2) is 8.78 Å². The number of nitrogens with two attached hydrogens (primary N) is 1. The van der Waals surface area contributed by atoms with Crippen molar-refractivity contribution in [1.82, 2.24) is 0 Å². The van der Waals surface area contributed by atoms with Crippen LogP contribution in [-0.2, 0) is 12.0 Å². The van der Waals surface area contributed by atoms with E-state index in [1.165, 1.54) is 12.1 Å². The number of benzene rings is 2. The molecule has 3 rings (SSSR count). The molecule has 1 aliphatic carbocycles. The lowest BCUT2D eigenvalue weighted by Gasteiger charge is -2.26.